The third kappa shape index (κ3) is 3.15. The number of hydrogen-bond acceptors (Lipinski definition) is 7. The van der Waals surface area contributed by atoms with E-state index in [0.29, 0.717) is 47.2 Å². The van der Waals surface area contributed by atoms with E-state index in [1.807, 2.05) is 23.7 Å². The minimum Gasteiger partial charge on any atom is -0.493 e. The van der Waals surface area contributed by atoms with Crippen LogP contribution in [0.15, 0.2) is 18.5 Å². The van der Waals surface area contributed by atoms with E-state index in [1.165, 1.54) is 0 Å². The molecule has 1 aromatic carbocycles. The molecule has 0 saturated heterocycles. The molecule has 25 heavy (non-hydrogen) atoms. The van der Waals surface area contributed by atoms with Crippen molar-refractivity contribution in [1.82, 2.24) is 19.5 Å². The number of aromatic nitrogens is 4. The Kier molecular flexibility index (Phi) is 4.60. The number of nitrogens with two attached hydrogens (primary N) is 1. The van der Waals surface area contributed by atoms with Crippen LogP contribution in [-0.2, 0) is 19.9 Å². The zero-order valence-electron chi connectivity index (χ0n) is 14.7. The van der Waals surface area contributed by atoms with Crippen molar-refractivity contribution in [2.24, 2.45) is 7.05 Å². The number of nitrogens with zero attached hydrogens (tertiary/aromatic N) is 4. The molecule has 3 aromatic rings. The molecular formula is C17H21N5O3. The second-order valence-corrected chi connectivity index (χ2v) is 5.59. The quantitative estimate of drug-likeness (QED) is 0.728. The number of rotatable bonds is 6. The van der Waals surface area contributed by atoms with Crippen LogP contribution in [-0.4, -0.2) is 40.8 Å². The van der Waals surface area contributed by atoms with E-state index in [-0.39, 0.29) is 0 Å². The molecule has 0 aliphatic carbocycles. The van der Waals surface area contributed by atoms with Gasteiger partial charge in [0, 0.05) is 13.5 Å². The SMILES string of the molecule is COc1cc(CCc2nc(N)c3ncn(C)c3n2)cc(OC)c1OC. The van der Waals surface area contributed by atoms with Crippen LogP contribution in [0.2, 0.25) is 0 Å². The van der Waals surface area contributed by atoms with E-state index in [4.69, 9.17) is 19.9 Å². The van der Waals surface area contributed by atoms with E-state index in [9.17, 15) is 0 Å². The predicted octanol–water partition coefficient (Wildman–Crippen LogP) is 1.76. The van der Waals surface area contributed by atoms with Gasteiger partial charge in [-0.15, -0.1) is 0 Å². The van der Waals surface area contributed by atoms with Crippen LogP contribution < -0.4 is 19.9 Å². The first kappa shape index (κ1) is 16.8. The van der Waals surface area contributed by atoms with E-state index < -0.39 is 0 Å². The van der Waals surface area contributed by atoms with Crippen LogP contribution in [0, 0.1) is 0 Å². The van der Waals surface area contributed by atoms with Gasteiger partial charge >= 0.3 is 0 Å². The van der Waals surface area contributed by atoms with Gasteiger partial charge in [-0.05, 0) is 24.1 Å². The Morgan fingerprint density at radius 3 is 2.28 bits per heavy atom. The van der Waals surface area contributed by atoms with E-state index in [1.54, 1.807) is 27.7 Å². The average Bonchev–Trinajstić information content (AvgIpc) is 3.00. The van der Waals surface area contributed by atoms with Crippen LogP contribution in [0.3, 0.4) is 0 Å². The van der Waals surface area contributed by atoms with Crippen molar-refractivity contribution < 1.29 is 14.2 Å². The Bertz CT molecular complexity index is 882. The lowest BCUT2D eigenvalue weighted by molar-refractivity contribution is 0.324. The molecule has 8 nitrogen and oxygen atoms in total. The molecule has 0 atom stereocenters. The van der Waals surface area contributed by atoms with Crippen molar-refractivity contribution in [3.8, 4) is 17.2 Å². The molecule has 2 aromatic heterocycles. The third-order valence-electron chi connectivity index (χ3n) is 3.99. The summed E-state index contributed by atoms with van der Waals surface area (Å²) in [5, 5.41) is 0. The number of anilines is 1. The number of hydrogen-bond donors (Lipinski definition) is 1. The minimum atomic E-state index is 0.394. The summed E-state index contributed by atoms with van der Waals surface area (Å²) in [6, 6.07) is 3.85. The summed E-state index contributed by atoms with van der Waals surface area (Å²) in [5.74, 6) is 2.89. The number of ether oxygens (including phenoxy) is 3. The highest BCUT2D eigenvalue weighted by Crippen LogP contribution is 2.38. The molecular weight excluding hydrogens is 322 g/mol. The van der Waals surface area contributed by atoms with Crippen molar-refractivity contribution in [2.75, 3.05) is 27.1 Å². The number of imidazole rings is 1. The predicted molar refractivity (Wildman–Crippen MR) is 94.2 cm³/mol. The maximum absolute atomic E-state index is 5.99. The molecule has 0 fully saturated rings. The van der Waals surface area contributed by atoms with Crippen molar-refractivity contribution >= 4 is 17.0 Å². The van der Waals surface area contributed by atoms with Gasteiger partial charge in [0.05, 0.1) is 27.7 Å². The van der Waals surface area contributed by atoms with Gasteiger partial charge in [-0.25, -0.2) is 15.0 Å². The molecule has 0 amide bonds. The van der Waals surface area contributed by atoms with Gasteiger partial charge in [0.15, 0.2) is 23.0 Å². The fourth-order valence-electron chi connectivity index (χ4n) is 2.72. The number of benzene rings is 1. The summed E-state index contributed by atoms with van der Waals surface area (Å²) in [5.41, 5.74) is 8.37. The summed E-state index contributed by atoms with van der Waals surface area (Å²) in [4.78, 5) is 13.1. The van der Waals surface area contributed by atoms with Gasteiger partial charge in [-0.1, -0.05) is 0 Å². The number of aryl methyl sites for hydroxylation is 3. The molecule has 0 spiro atoms. The normalized spacial score (nSPS) is 10.9. The largest absolute Gasteiger partial charge is 0.493 e. The summed E-state index contributed by atoms with van der Waals surface area (Å²) in [6.45, 7) is 0. The summed E-state index contributed by atoms with van der Waals surface area (Å²) in [6.07, 6.45) is 3.02. The first-order valence-electron chi connectivity index (χ1n) is 7.79. The second kappa shape index (κ2) is 6.84. The summed E-state index contributed by atoms with van der Waals surface area (Å²) >= 11 is 0. The molecule has 0 aliphatic heterocycles. The molecule has 0 saturated carbocycles. The van der Waals surface area contributed by atoms with E-state index >= 15 is 0 Å². The Hall–Kier alpha value is -3.03. The van der Waals surface area contributed by atoms with Gasteiger partial charge in [-0.3, -0.25) is 0 Å². The molecule has 132 valence electrons. The van der Waals surface area contributed by atoms with Gasteiger partial charge in [0.1, 0.15) is 11.3 Å². The second-order valence-electron chi connectivity index (χ2n) is 5.59. The van der Waals surface area contributed by atoms with Crippen molar-refractivity contribution in [3.63, 3.8) is 0 Å². The van der Waals surface area contributed by atoms with Gasteiger partial charge in [0.25, 0.3) is 0 Å². The Labute approximate surface area is 145 Å². The number of nitrogen functional groups attached to an aromatic ring is 1. The first-order valence-corrected chi connectivity index (χ1v) is 7.79. The molecule has 2 N–H and O–H groups in total. The van der Waals surface area contributed by atoms with Crippen LogP contribution in [0.25, 0.3) is 11.2 Å². The number of methoxy groups -OCH3 is 3. The lowest BCUT2D eigenvalue weighted by Crippen LogP contribution is -2.04. The highest BCUT2D eigenvalue weighted by molar-refractivity contribution is 5.81. The highest BCUT2D eigenvalue weighted by atomic mass is 16.5. The van der Waals surface area contributed by atoms with E-state index in [2.05, 4.69) is 15.0 Å². The molecule has 8 heteroatoms. The summed E-state index contributed by atoms with van der Waals surface area (Å²) < 4.78 is 17.9. The highest BCUT2D eigenvalue weighted by Gasteiger charge is 2.14. The van der Waals surface area contributed by atoms with Crippen molar-refractivity contribution in [2.45, 2.75) is 12.8 Å². The standard InChI is InChI=1S/C17H21N5O3/c1-22-9-19-14-16(18)20-13(21-17(14)22)6-5-10-7-11(23-2)15(25-4)12(8-10)24-3/h7-9H,5-6H2,1-4H3,(H2,18,20,21). The van der Waals surface area contributed by atoms with Gasteiger partial charge in [-0.2, -0.15) is 0 Å². The molecule has 3 rings (SSSR count). The van der Waals surface area contributed by atoms with Gasteiger partial charge in [0.2, 0.25) is 5.75 Å². The molecule has 0 unspecified atom stereocenters. The Balaban J connectivity index is 1.87. The Morgan fingerprint density at radius 1 is 1.00 bits per heavy atom. The zero-order chi connectivity index (χ0) is 18.0. The minimum absolute atomic E-state index is 0.394. The van der Waals surface area contributed by atoms with Crippen LogP contribution >= 0.6 is 0 Å². The smallest absolute Gasteiger partial charge is 0.203 e. The van der Waals surface area contributed by atoms with Crippen LogP contribution in [0.1, 0.15) is 11.4 Å². The monoisotopic (exact) mass is 343 g/mol. The van der Waals surface area contributed by atoms with E-state index in [0.717, 1.165) is 11.2 Å². The topological polar surface area (TPSA) is 97.3 Å². The molecule has 0 bridgehead atoms. The zero-order valence-corrected chi connectivity index (χ0v) is 14.7. The maximum atomic E-state index is 5.99. The molecule has 0 radical (unpaired) electrons. The molecule has 2 heterocycles. The fourth-order valence-corrected chi connectivity index (χ4v) is 2.72. The molecule has 0 aliphatic rings. The van der Waals surface area contributed by atoms with Crippen molar-refractivity contribution in [1.29, 1.82) is 0 Å². The summed E-state index contributed by atoms with van der Waals surface area (Å²) in [7, 11) is 6.66. The lowest BCUT2D eigenvalue weighted by atomic mass is 10.1. The average molecular weight is 343 g/mol. The fraction of sp³-hybridized carbons (Fsp3) is 0.353. The lowest BCUT2D eigenvalue weighted by Gasteiger charge is -2.14. The van der Waals surface area contributed by atoms with Crippen LogP contribution in [0.4, 0.5) is 5.82 Å². The third-order valence-corrected chi connectivity index (χ3v) is 3.99. The van der Waals surface area contributed by atoms with Crippen LogP contribution in [0.5, 0.6) is 17.2 Å². The Morgan fingerprint density at radius 2 is 1.68 bits per heavy atom. The van der Waals surface area contributed by atoms with Crippen molar-refractivity contribution in [3.05, 3.63) is 29.8 Å². The maximum Gasteiger partial charge on any atom is 0.203 e. The first-order chi connectivity index (χ1) is 12.1. The van der Waals surface area contributed by atoms with Gasteiger partial charge < -0.3 is 24.5 Å². The number of fused-ring (bicyclic) bond motifs is 1.